The molecule has 0 aromatic carbocycles. The number of hydrogen-bond acceptors (Lipinski definition) is 3. The Hall–Kier alpha value is -1.24. The van der Waals surface area contributed by atoms with Crippen molar-refractivity contribution in [1.82, 2.24) is 4.90 Å². The lowest BCUT2D eigenvalue weighted by Crippen LogP contribution is -2.59. The monoisotopic (exact) mass is 291 g/mol. The molecule has 2 aliphatic heterocycles. The first-order valence-electron chi connectivity index (χ1n) is 5.94. The van der Waals surface area contributed by atoms with Crippen molar-refractivity contribution in [3.05, 3.63) is 16.8 Å². The molecule has 3 heterocycles. The molecule has 104 valence electrons. The highest BCUT2D eigenvalue weighted by Crippen LogP contribution is 2.58. The molecule has 0 atom stereocenters. The molecule has 19 heavy (non-hydrogen) atoms. The number of carbonyl (C=O) groups excluding carboxylic acids is 1. The summed E-state index contributed by atoms with van der Waals surface area (Å²) in [7, 11) is 0. The molecule has 7 heteroatoms. The summed E-state index contributed by atoms with van der Waals surface area (Å²) in [5, 5.41) is 3.49. The summed E-state index contributed by atoms with van der Waals surface area (Å²) in [6.45, 7) is -0.132. The fraction of sp³-hybridized carbons (Fsp3) is 0.583. The molecule has 0 unspecified atom stereocenters. The second kappa shape index (κ2) is 4.13. The number of rotatable bonds is 3. The number of halogens is 3. The van der Waals surface area contributed by atoms with Crippen LogP contribution in [0.4, 0.5) is 13.2 Å². The fourth-order valence-corrected chi connectivity index (χ4v) is 3.53. The molecule has 3 nitrogen and oxygen atoms in total. The van der Waals surface area contributed by atoms with Crippen LogP contribution >= 0.6 is 11.3 Å². The van der Waals surface area contributed by atoms with Crippen LogP contribution in [0.15, 0.2) is 16.8 Å². The van der Waals surface area contributed by atoms with Crippen molar-refractivity contribution in [3.8, 4) is 5.75 Å². The van der Waals surface area contributed by atoms with Gasteiger partial charge in [-0.3, -0.25) is 4.79 Å². The van der Waals surface area contributed by atoms with E-state index in [1.165, 1.54) is 11.3 Å². The number of thiophene rings is 1. The van der Waals surface area contributed by atoms with Crippen LogP contribution in [0.2, 0.25) is 0 Å². The number of carbonyl (C=O) groups is 1. The lowest BCUT2D eigenvalue weighted by Gasteiger charge is -2.43. The van der Waals surface area contributed by atoms with Crippen LogP contribution in [0.3, 0.4) is 0 Å². The highest BCUT2D eigenvalue weighted by atomic mass is 32.1. The summed E-state index contributed by atoms with van der Waals surface area (Å²) in [5.74, 6) is -0.0683. The van der Waals surface area contributed by atoms with E-state index in [0.717, 1.165) is 4.90 Å². The summed E-state index contributed by atoms with van der Waals surface area (Å²) in [6.07, 6.45) is -4.26. The van der Waals surface area contributed by atoms with Gasteiger partial charge in [0.2, 0.25) is 0 Å². The van der Waals surface area contributed by atoms with Crippen molar-refractivity contribution in [1.29, 1.82) is 0 Å². The Labute approximate surface area is 112 Å². The molecule has 4 rings (SSSR count). The first-order valence-corrected chi connectivity index (χ1v) is 6.89. The highest BCUT2D eigenvalue weighted by molar-refractivity contribution is 7.08. The minimum Gasteiger partial charge on any atom is -0.483 e. The SMILES string of the molecule is O=C(COc1ccsc1)N1CC2CC1(C(F)(F)F)C2. The lowest BCUT2D eigenvalue weighted by atomic mass is 9.73. The van der Waals surface area contributed by atoms with Gasteiger partial charge in [0.25, 0.3) is 5.91 Å². The van der Waals surface area contributed by atoms with Crippen LogP contribution in [-0.2, 0) is 4.79 Å². The molecule has 2 bridgehead atoms. The molecular weight excluding hydrogens is 279 g/mol. The van der Waals surface area contributed by atoms with E-state index in [1.807, 2.05) is 0 Å². The van der Waals surface area contributed by atoms with Crippen molar-refractivity contribution in [2.45, 2.75) is 24.6 Å². The van der Waals surface area contributed by atoms with E-state index < -0.39 is 17.6 Å². The first kappa shape index (κ1) is 12.8. The second-order valence-electron chi connectivity index (χ2n) is 5.06. The average Bonchev–Trinajstić information content (AvgIpc) is 2.97. The average molecular weight is 291 g/mol. The molecular formula is C12H12F3NO2S. The zero-order valence-corrected chi connectivity index (χ0v) is 10.8. The third kappa shape index (κ3) is 1.91. The number of fused-ring (bicyclic) bond motifs is 1. The first-order chi connectivity index (χ1) is 8.92. The minimum atomic E-state index is -4.35. The van der Waals surface area contributed by atoms with Gasteiger partial charge in [0.05, 0.1) is 0 Å². The van der Waals surface area contributed by atoms with E-state index in [4.69, 9.17) is 4.74 Å². The van der Waals surface area contributed by atoms with Crippen LogP contribution in [0.1, 0.15) is 12.8 Å². The van der Waals surface area contributed by atoms with Gasteiger partial charge >= 0.3 is 6.18 Å². The van der Waals surface area contributed by atoms with Gasteiger partial charge in [-0.1, -0.05) is 0 Å². The Kier molecular flexibility index (Phi) is 2.78. The molecule has 1 amide bonds. The highest BCUT2D eigenvalue weighted by Gasteiger charge is 2.71. The van der Waals surface area contributed by atoms with Crippen molar-refractivity contribution in [2.75, 3.05) is 13.2 Å². The standard InChI is InChI=1S/C12H12F3NO2S/c13-12(14,15)11-3-8(4-11)5-16(11)10(17)6-18-9-1-2-19-7-9/h1-2,7-8H,3-6H2. The second-order valence-corrected chi connectivity index (χ2v) is 5.84. The smallest absolute Gasteiger partial charge is 0.411 e. The summed E-state index contributed by atoms with van der Waals surface area (Å²) in [6, 6.07) is 1.68. The molecule has 3 fully saturated rings. The molecule has 1 aromatic rings. The van der Waals surface area contributed by atoms with Gasteiger partial charge in [-0.2, -0.15) is 13.2 Å². The molecule has 1 saturated carbocycles. The van der Waals surface area contributed by atoms with Gasteiger partial charge in [-0.15, -0.1) is 11.3 Å². The molecule has 1 aromatic heterocycles. The van der Waals surface area contributed by atoms with E-state index in [0.29, 0.717) is 5.75 Å². The minimum absolute atomic E-state index is 0.00766. The number of nitrogens with zero attached hydrogens (tertiary/aromatic N) is 1. The summed E-state index contributed by atoms with van der Waals surface area (Å²) >= 11 is 1.41. The maximum absolute atomic E-state index is 13.1. The van der Waals surface area contributed by atoms with Gasteiger partial charge in [0.15, 0.2) is 6.61 Å². The van der Waals surface area contributed by atoms with Gasteiger partial charge in [-0.05, 0) is 30.2 Å². The molecule has 0 spiro atoms. The quantitative estimate of drug-likeness (QED) is 0.857. The Morgan fingerprint density at radius 3 is 2.84 bits per heavy atom. The normalized spacial score (nSPS) is 29.2. The Bertz CT molecular complexity index is 480. The number of ether oxygens (including phenoxy) is 1. The largest absolute Gasteiger partial charge is 0.483 e. The van der Waals surface area contributed by atoms with E-state index >= 15 is 0 Å². The summed E-state index contributed by atoms with van der Waals surface area (Å²) in [5.41, 5.74) is -1.92. The van der Waals surface area contributed by atoms with Crippen LogP contribution in [0.25, 0.3) is 0 Å². The third-order valence-corrected chi connectivity index (χ3v) is 4.56. The van der Waals surface area contributed by atoms with Crippen LogP contribution < -0.4 is 4.74 Å². The Morgan fingerprint density at radius 1 is 1.53 bits per heavy atom. The summed E-state index contributed by atoms with van der Waals surface area (Å²) in [4.78, 5) is 12.9. The number of hydrogen-bond donors (Lipinski definition) is 0. The Morgan fingerprint density at radius 2 is 2.26 bits per heavy atom. The van der Waals surface area contributed by atoms with Crippen molar-refractivity contribution >= 4 is 17.2 Å². The number of alkyl halides is 3. The summed E-state index contributed by atoms with van der Waals surface area (Å²) < 4.78 is 44.4. The van der Waals surface area contributed by atoms with Gasteiger partial charge in [0.1, 0.15) is 11.3 Å². The third-order valence-electron chi connectivity index (χ3n) is 3.90. The Balaban J connectivity index is 1.67. The molecule has 0 radical (unpaired) electrons. The topological polar surface area (TPSA) is 29.5 Å². The van der Waals surface area contributed by atoms with Crippen molar-refractivity contribution in [2.24, 2.45) is 5.92 Å². The van der Waals surface area contributed by atoms with Gasteiger partial charge in [-0.25, -0.2) is 0 Å². The fourth-order valence-electron chi connectivity index (χ4n) is 2.96. The molecule has 1 aliphatic carbocycles. The van der Waals surface area contributed by atoms with E-state index in [9.17, 15) is 18.0 Å². The predicted molar refractivity (Wildman–Crippen MR) is 63.0 cm³/mol. The van der Waals surface area contributed by atoms with E-state index in [2.05, 4.69) is 0 Å². The van der Waals surface area contributed by atoms with E-state index in [1.54, 1.807) is 16.8 Å². The zero-order chi connectivity index (χ0) is 13.7. The predicted octanol–water partition coefficient (Wildman–Crippen LogP) is 2.68. The molecule has 2 saturated heterocycles. The van der Waals surface area contributed by atoms with Crippen molar-refractivity contribution < 1.29 is 22.7 Å². The van der Waals surface area contributed by atoms with Crippen LogP contribution in [-0.4, -0.2) is 35.7 Å². The number of amides is 1. The van der Waals surface area contributed by atoms with Crippen LogP contribution in [0.5, 0.6) is 5.75 Å². The maximum Gasteiger partial charge on any atom is 0.411 e. The molecule has 3 aliphatic rings. The zero-order valence-electron chi connectivity index (χ0n) is 9.94. The lowest BCUT2D eigenvalue weighted by molar-refractivity contribution is -0.236. The van der Waals surface area contributed by atoms with Crippen LogP contribution in [0, 0.1) is 5.92 Å². The van der Waals surface area contributed by atoms with E-state index in [-0.39, 0.29) is 31.9 Å². The van der Waals surface area contributed by atoms with Gasteiger partial charge in [0, 0.05) is 11.9 Å². The maximum atomic E-state index is 13.1. The van der Waals surface area contributed by atoms with Crippen molar-refractivity contribution in [3.63, 3.8) is 0 Å². The molecule has 0 N–H and O–H groups in total. The van der Waals surface area contributed by atoms with Gasteiger partial charge < -0.3 is 9.64 Å².